The zero-order valence-electron chi connectivity index (χ0n) is 17.9. The minimum atomic E-state index is -4.06. The second-order valence-electron chi connectivity index (χ2n) is 8.30. The molecule has 2 aliphatic rings. The summed E-state index contributed by atoms with van der Waals surface area (Å²) in [7, 11) is -4.06. The quantitative estimate of drug-likeness (QED) is 0.353. The Labute approximate surface area is 179 Å². The van der Waals surface area contributed by atoms with Crippen molar-refractivity contribution in [2.75, 3.05) is 31.1 Å². The molecule has 2 fully saturated rings. The van der Waals surface area contributed by atoms with Gasteiger partial charge in [0.15, 0.2) is 10.9 Å². The van der Waals surface area contributed by atoms with Crippen molar-refractivity contribution < 1.29 is 8.42 Å². The Morgan fingerprint density at radius 2 is 2.03 bits per heavy atom. The van der Waals surface area contributed by atoms with E-state index in [1.54, 1.807) is 0 Å². The molecule has 166 valence electrons. The van der Waals surface area contributed by atoms with Gasteiger partial charge in [-0.25, -0.2) is 18.5 Å². The van der Waals surface area contributed by atoms with Gasteiger partial charge in [-0.15, -0.1) is 0 Å². The Hall–Kier alpha value is -2.04. The van der Waals surface area contributed by atoms with Crippen molar-refractivity contribution in [3.8, 4) is 0 Å². The van der Waals surface area contributed by atoms with E-state index in [9.17, 15) is 8.42 Å². The van der Waals surface area contributed by atoms with Crippen molar-refractivity contribution >= 4 is 28.3 Å². The number of piperidine rings is 2. The molecule has 30 heavy (non-hydrogen) atoms. The van der Waals surface area contributed by atoms with Gasteiger partial charge < -0.3 is 10.2 Å². The fourth-order valence-electron chi connectivity index (χ4n) is 4.35. The van der Waals surface area contributed by atoms with Gasteiger partial charge >= 0.3 is 0 Å². The van der Waals surface area contributed by atoms with Crippen LogP contribution in [-0.4, -0.2) is 58.2 Å². The van der Waals surface area contributed by atoms with Crippen LogP contribution in [0.1, 0.15) is 51.5 Å². The van der Waals surface area contributed by atoms with Crippen LogP contribution in [0.3, 0.4) is 0 Å². The zero-order valence-corrected chi connectivity index (χ0v) is 18.7. The number of sulfonamides is 1. The van der Waals surface area contributed by atoms with E-state index in [1.165, 1.54) is 19.0 Å². The number of nitrogens with zero attached hydrogens (tertiary/aromatic N) is 4. The average Bonchev–Trinajstić information content (AvgIpc) is 2.73. The van der Waals surface area contributed by atoms with Crippen molar-refractivity contribution in [2.24, 2.45) is 20.6 Å². The number of hydrazone groups is 1. The highest BCUT2D eigenvalue weighted by atomic mass is 32.2. The number of nitrogens with one attached hydrogen (secondary N) is 2. The summed E-state index contributed by atoms with van der Waals surface area (Å²) in [5.74, 6) is 0.327. The number of anilines is 1. The smallest absolute Gasteiger partial charge is 0.256 e. The van der Waals surface area contributed by atoms with Gasteiger partial charge in [-0.05, 0) is 63.6 Å². The summed E-state index contributed by atoms with van der Waals surface area (Å²) in [4.78, 5) is 11.0. The first-order valence-electron chi connectivity index (χ1n) is 10.6. The summed E-state index contributed by atoms with van der Waals surface area (Å²) in [6, 6.07) is 1.80. The van der Waals surface area contributed by atoms with Gasteiger partial charge in [0.25, 0.3) is 10.0 Å². The second kappa shape index (κ2) is 9.40. The molecule has 4 N–H and O–H groups in total. The van der Waals surface area contributed by atoms with Crippen molar-refractivity contribution in [3.05, 3.63) is 17.8 Å². The Morgan fingerprint density at radius 3 is 2.60 bits per heavy atom. The van der Waals surface area contributed by atoms with Gasteiger partial charge in [0, 0.05) is 32.0 Å². The van der Waals surface area contributed by atoms with Crippen LogP contribution in [0.2, 0.25) is 0 Å². The fourth-order valence-corrected chi connectivity index (χ4v) is 5.04. The maximum atomic E-state index is 12.4. The van der Waals surface area contributed by atoms with E-state index < -0.39 is 10.0 Å². The van der Waals surface area contributed by atoms with Crippen LogP contribution < -0.4 is 20.8 Å². The Morgan fingerprint density at radius 1 is 1.37 bits per heavy atom. The maximum Gasteiger partial charge on any atom is 0.256 e. The maximum absolute atomic E-state index is 12.4. The molecule has 10 heteroatoms. The van der Waals surface area contributed by atoms with E-state index >= 15 is 0 Å². The lowest BCUT2D eigenvalue weighted by Crippen LogP contribution is -2.46. The predicted molar refractivity (Wildman–Crippen MR) is 121 cm³/mol. The number of rotatable bonds is 6. The minimum absolute atomic E-state index is 0.0324. The molecule has 1 aromatic heterocycles. The highest BCUT2D eigenvalue weighted by Gasteiger charge is 2.37. The molecule has 1 spiro atoms. The molecule has 1 unspecified atom stereocenters. The van der Waals surface area contributed by atoms with E-state index in [0.717, 1.165) is 51.1 Å². The Kier molecular flexibility index (Phi) is 7.10. The number of primary sulfonamides is 1. The normalized spacial score (nSPS) is 20.8. The predicted octanol–water partition coefficient (Wildman–Crippen LogP) is 1.45. The van der Waals surface area contributed by atoms with Gasteiger partial charge in [0.1, 0.15) is 0 Å². The fraction of sp³-hybridized carbons (Fsp3) is 0.650. The van der Waals surface area contributed by atoms with E-state index in [4.69, 9.17) is 5.14 Å². The largest absolute Gasteiger partial charge is 0.371 e. The molecule has 0 aliphatic carbocycles. The van der Waals surface area contributed by atoms with E-state index in [-0.39, 0.29) is 11.1 Å². The van der Waals surface area contributed by atoms with Gasteiger partial charge in [-0.1, -0.05) is 6.92 Å². The van der Waals surface area contributed by atoms with Crippen LogP contribution in [0.5, 0.6) is 0 Å². The molecular weight excluding hydrogens is 402 g/mol. The highest BCUT2D eigenvalue weighted by Crippen LogP contribution is 2.41. The molecular formula is C20H33N7O2S. The first kappa shape index (κ1) is 22.6. The lowest BCUT2D eigenvalue weighted by atomic mass is 9.71. The number of amidine groups is 1. The number of pyridine rings is 1. The second-order valence-corrected chi connectivity index (χ2v) is 9.77. The van der Waals surface area contributed by atoms with Crippen LogP contribution in [0.25, 0.3) is 0 Å². The van der Waals surface area contributed by atoms with E-state index in [1.807, 2.05) is 19.9 Å². The highest BCUT2D eigenvalue weighted by molar-refractivity contribution is 7.89. The Bertz CT molecular complexity index is 884. The number of aliphatic imine (C=N–C) groups is 1. The Balaban J connectivity index is 2.02. The summed E-state index contributed by atoms with van der Waals surface area (Å²) >= 11 is 0. The van der Waals surface area contributed by atoms with Crippen molar-refractivity contribution in [1.82, 2.24) is 15.7 Å². The van der Waals surface area contributed by atoms with Crippen molar-refractivity contribution in [1.29, 1.82) is 0 Å². The topological polar surface area (TPSA) is 125 Å². The van der Waals surface area contributed by atoms with Crippen LogP contribution in [0.15, 0.2) is 27.4 Å². The van der Waals surface area contributed by atoms with E-state index in [0.29, 0.717) is 16.8 Å². The number of nitrogens with two attached hydrogens (primary N) is 1. The molecule has 1 atom stereocenters. The molecule has 0 radical (unpaired) electrons. The number of aromatic nitrogens is 1. The lowest BCUT2D eigenvalue weighted by Gasteiger charge is -2.45. The molecule has 2 aliphatic heterocycles. The van der Waals surface area contributed by atoms with Crippen LogP contribution in [-0.2, 0) is 10.0 Å². The van der Waals surface area contributed by atoms with Crippen molar-refractivity contribution in [2.45, 2.75) is 57.0 Å². The third kappa shape index (κ3) is 4.98. The van der Waals surface area contributed by atoms with Gasteiger partial charge in [-0.3, -0.25) is 10.4 Å². The standard InChI is InChI=1S/C20H33N7O2S/c1-4-15(2)25-18(26-22-3)17-16(5-10-24-19(17)30(21,28)29)27-13-8-20(9-14-27)6-11-23-12-7-20/h5,10,15,23H,3-4,6-9,11-14H2,1-2H3,(H,25,26)(H2,21,28,29). The molecule has 0 bridgehead atoms. The average molecular weight is 436 g/mol. The summed E-state index contributed by atoms with van der Waals surface area (Å²) in [6.07, 6.45) is 6.82. The third-order valence-corrected chi connectivity index (χ3v) is 7.20. The summed E-state index contributed by atoms with van der Waals surface area (Å²) in [6.45, 7) is 11.3. The molecule has 0 aromatic carbocycles. The molecule has 0 saturated carbocycles. The molecule has 0 amide bonds. The first-order valence-corrected chi connectivity index (χ1v) is 12.1. The number of hydrogen-bond donors (Lipinski definition) is 3. The minimum Gasteiger partial charge on any atom is -0.371 e. The molecule has 9 nitrogen and oxygen atoms in total. The third-order valence-electron chi connectivity index (χ3n) is 6.35. The first-order chi connectivity index (χ1) is 14.3. The van der Waals surface area contributed by atoms with Gasteiger partial charge in [0.2, 0.25) is 0 Å². The van der Waals surface area contributed by atoms with Gasteiger partial charge in [-0.2, -0.15) is 5.10 Å². The van der Waals surface area contributed by atoms with Gasteiger partial charge in [0.05, 0.1) is 11.3 Å². The lowest BCUT2D eigenvalue weighted by molar-refractivity contribution is 0.155. The monoisotopic (exact) mass is 435 g/mol. The molecule has 2 saturated heterocycles. The molecule has 1 aromatic rings. The van der Waals surface area contributed by atoms with Crippen LogP contribution >= 0.6 is 0 Å². The molecule has 3 heterocycles. The van der Waals surface area contributed by atoms with Crippen molar-refractivity contribution in [3.63, 3.8) is 0 Å². The van der Waals surface area contributed by atoms with Crippen LogP contribution in [0, 0.1) is 5.41 Å². The summed E-state index contributed by atoms with van der Waals surface area (Å²) in [5.41, 5.74) is 4.29. The SMILES string of the molecule is C=NNC(=NC(C)CC)c1c(N2CCC3(CCNCC3)CC2)ccnc1S(N)(=O)=O. The zero-order chi connectivity index (χ0) is 21.8. The van der Waals surface area contributed by atoms with E-state index in [2.05, 4.69) is 37.4 Å². The van der Waals surface area contributed by atoms with Crippen LogP contribution in [0.4, 0.5) is 5.69 Å². The molecule has 3 rings (SSSR count). The summed E-state index contributed by atoms with van der Waals surface area (Å²) in [5, 5.41) is 12.5. The number of hydrogen-bond acceptors (Lipinski definition) is 7. The summed E-state index contributed by atoms with van der Waals surface area (Å²) < 4.78 is 24.7.